The molecule has 0 saturated heterocycles. The lowest BCUT2D eigenvalue weighted by Crippen LogP contribution is -2.31. The molecule has 0 amide bonds. The Morgan fingerprint density at radius 3 is 2.61 bits per heavy atom. The van der Waals surface area contributed by atoms with Crippen LogP contribution in [0.4, 0.5) is 0 Å². The summed E-state index contributed by atoms with van der Waals surface area (Å²) in [7, 11) is 0. The lowest BCUT2D eigenvalue weighted by molar-refractivity contribution is 0.131. The smallest absolute Gasteiger partial charge is 0.115 e. The van der Waals surface area contributed by atoms with Gasteiger partial charge >= 0.3 is 0 Å². The molecule has 18 heavy (non-hydrogen) atoms. The van der Waals surface area contributed by atoms with Crippen molar-refractivity contribution in [2.45, 2.75) is 39.2 Å². The third-order valence-corrected chi connectivity index (χ3v) is 2.86. The van der Waals surface area contributed by atoms with E-state index in [4.69, 9.17) is 4.74 Å². The third-order valence-electron chi connectivity index (χ3n) is 2.86. The van der Waals surface area contributed by atoms with Crippen LogP contribution in [-0.4, -0.2) is 30.9 Å². The molecule has 0 saturated carbocycles. The molecule has 0 radical (unpaired) electrons. The van der Waals surface area contributed by atoms with Crippen molar-refractivity contribution in [3.8, 4) is 5.75 Å². The molecule has 1 atom stereocenters. The fraction of sp³-hybridized carbons (Fsp3) is 0.600. The molecule has 3 nitrogen and oxygen atoms in total. The molecule has 0 heterocycles. The van der Waals surface area contributed by atoms with E-state index in [1.54, 1.807) is 12.1 Å². The maximum Gasteiger partial charge on any atom is 0.115 e. The second kappa shape index (κ2) is 8.95. The molecule has 3 heteroatoms. The van der Waals surface area contributed by atoms with Gasteiger partial charge in [-0.25, -0.2) is 0 Å². The van der Waals surface area contributed by atoms with Crippen molar-refractivity contribution in [3.05, 3.63) is 29.8 Å². The number of hydrogen-bond acceptors (Lipinski definition) is 3. The second-order valence-electron chi connectivity index (χ2n) is 4.69. The minimum absolute atomic E-state index is 0.323. The molecule has 0 aliphatic carbocycles. The molecule has 2 N–H and O–H groups in total. The van der Waals surface area contributed by atoms with Crippen LogP contribution in [0.25, 0.3) is 0 Å². The standard InChI is InChI=1S/C15H25NO2/c1-3-4-10-18-11-9-16-13(2)12-14-5-7-15(17)8-6-14/h5-8,13,16-17H,3-4,9-12H2,1-2H3. The van der Waals surface area contributed by atoms with Gasteiger partial charge in [0.1, 0.15) is 5.75 Å². The first-order valence-electron chi connectivity index (χ1n) is 6.81. The van der Waals surface area contributed by atoms with Gasteiger partial charge in [0, 0.05) is 19.2 Å². The first-order chi connectivity index (χ1) is 8.72. The van der Waals surface area contributed by atoms with Crippen molar-refractivity contribution >= 4 is 0 Å². The van der Waals surface area contributed by atoms with Crippen LogP contribution in [0.1, 0.15) is 32.3 Å². The van der Waals surface area contributed by atoms with Gasteiger partial charge in [-0.15, -0.1) is 0 Å². The first-order valence-corrected chi connectivity index (χ1v) is 6.81. The van der Waals surface area contributed by atoms with Crippen LogP contribution >= 0.6 is 0 Å². The van der Waals surface area contributed by atoms with Crippen LogP contribution in [0.2, 0.25) is 0 Å². The van der Waals surface area contributed by atoms with Crippen LogP contribution in [0.3, 0.4) is 0 Å². The number of aromatic hydroxyl groups is 1. The zero-order valence-electron chi connectivity index (χ0n) is 11.5. The van der Waals surface area contributed by atoms with Crippen molar-refractivity contribution in [1.29, 1.82) is 0 Å². The lowest BCUT2D eigenvalue weighted by atomic mass is 10.1. The van der Waals surface area contributed by atoms with Gasteiger partial charge in [0.2, 0.25) is 0 Å². The first kappa shape index (κ1) is 15.0. The highest BCUT2D eigenvalue weighted by atomic mass is 16.5. The van der Waals surface area contributed by atoms with Crippen molar-refractivity contribution < 1.29 is 9.84 Å². The predicted octanol–water partition coefficient (Wildman–Crippen LogP) is 2.73. The maximum absolute atomic E-state index is 9.20. The molecule has 0 fully saturated rings. The number of rotatable bonds is 9. The average molecular weight is 251 g/mol. The van der Waals surface area contributed by atoms with E-state index in [9.17, 15) is 5.11 Å². The van der Waals surface area contributed by atoms with Gasteiger partial charge < -0.3 is 15.2 Å². The molecule has 1 aromatic carbocycles. The van der Waals surface area contributed by atoms with Crippen LogP contribution < -0.4 is 5.32 Å². The fourth-order valence-electron chi connectivity index (χ4n) is 1.78. The molecule has 0 aliphatic rings. The zero-order valence-corrected chi connectivity index (χ0v) is 11.5. The van der Waals surface area contributed by atoms with Crippen molar-refractivity contribution in [2.75, 3.05) is 19.8 Å². The molecule has 1 unspecified atom stereocenters. The minimum atomic E-state index is 0.323. The van der Waals surface area contributed by atoms with E-state index in [1.165, 1.54) is 12.0 Å². The fourth-order valence-corrected chi connectivity index (χ4v) is 1.78. The number of nitrogens with one attached hydrogen (secondary N) is 1. The normalized spacial score (nSPS) is 12.6. The molecule has 102 valence electrons. The summed E-state index contributed by atoms with van der Waals surface area (Å²) in [5.74, 6) is 0.323. The zero-order chi connectivity index (χ0) is 13.2. The Morgan fingerprint density at radius 2 is 1.94 bits per heavy atom. The van der Waals surface area contributed by atoms with E-state index in [0.717, 1.165) is 32.6 Å². The molecule has 0 bridgehead atoms. The Morgan fingerprint density at radius 1 is 1.22 bits per heavy atom. The summed E-state index contributed by atoms with van der Waals surface area (Å²) < 4.78 is 5.49. The summed E-state index contributed by atoms with van der Waals surface area (Å²) in [4.78, 5) is 0. The van der Waals surface area contributed by atoms with E-state index in [0.29, 0.717) is 11.8 Å². The average Bonchev–Trinajstić information content (AvgIpc) is 2.36. The molecular weight excluding hydrogens is 226 g/mol. The monoisotopic (exact) mass is 251 g/mol. The van der Waals surface area contributed by atoms with E-state index < -0.39 is 0 Å². The Kier molecular flexibility index (Phi) is 7.46. The highest BCUT2D eigenvalue weighted by Gasteiger charge is 2.02. The predicted molar refractivity (Wildman–Crippen MR) is 75.0 cm³/mol. The molecule has 0 aromatic heterocycles. The van der Waals surface area contributed by atoms with Crippen molar-refractivity contribution in [3.63, 3.8) is 0 Å². The Bertz CT molecular complexity index is 311. The summed E-state index contributed by atoms with van der Waals surface area (Å²) in [6, 6.07) is 7.81. The number of ether oxygens (including phenoxy) is 1. The maximum atomic E-state index is 9.20. The second-order valence-corrected chi connectivity index (χ2v) is 4.69. The van der Waals surface area contributed by atoms with Gasteiger partial charge in [-0.1, -0.05) is 25.5 Å². The summed E-state index contributed by atoms with van der Waals surface area (Å²) >= 11 is 0. The topological polar surface area (TPSA) is 41.5 Å². The van der Waals surface area contributed by atoms with Crippen LogP contribution in [0, 0.1) is 0 Å². The Labute approximate surface area is 110 Å². The highest BCUT2D eigenvalue weighted by molar-refractivity contribution is 5.26. The number of phenolic OH excluding ortho intramolecular Hbond substituents is 1. The van der Waals surface area contributed by atoms with Gasteiger partial charge in [0.15, 0.2) is 0 Å². The largest absolute Gasteiger partial charge is 0.508 e. The van der Waals surface area contributed by atoms with Gasteiger partial charge in [-0.3, -0.25) is 0 Å². The molecule has 1 rings (SSSR count). The van der Waals surface area contributed by atoms with Crippen molar-refractivity contribution in [1.82, 2.24) is 5.32 Å². The Hall–Kier alpha value is -1.06. The summed E-state index contributed by atoms with van der Waals surface area (Å²) in [6.45, 7) is 6.87. The number of benzene rings is 1. The third kappa shape index (κ3) is 6.62. The Balaban J connectivity index is 2.10. The van der Waals surface area contributed by atoms with Gasteiger partial charge in [0.05, 0.1) is 6.61 Å². The van der Waals surface area contributed by atoms with E-state index in [2.05, 4.69) is 19.2 Å². The highest BCUT2D eigenvalue weighted by Crippen LogP contribution is 2.11. The van der Waals surface area contributed by atoms with Gasteiger partial charge in [-0.05, 0) is 37.5 Å². The number of unbranched alkanes of at least 4 members (excludes halogenated alkanes) is 1. The summed E-state index contributed by atoms with van der Waals surface area (Å²) in [5.41, 5.74) is 1.24. The molecule has 0 spiro atoms. The van der Waals surface area contributed by atoms with E-state index in [-0.39, 0.29) is 0 Å². The minimum Gasteiger partial charge on any atom is -0.508 e. The molecule has 1 aromatic rings. The van der Waals surface area contributed by atoms with E-state index in [1.807, 2.05) is 12.1 Å². The SMILES string of the molecule is CCCCOCCNC(C)Cc1ccc(O)cc1. The molecular formula is C15H25NO2. The van der Waals surface area contributed by atoms with Crippen LogP contribution in [0.15, 0.2) is 24.3 Å². The van der Waals surface area contributed by atoms with Crippen molar-refractivity contribution in [2.24, 2.45) is 0 Å². The lowest BCUT2D eigenvalue weighted by Gasteiger charge is -2.14. The summed E-state index contributed by atoms with van der Waals surface area (Å²) in [5, 5.41) is 12.6. The number of hydrogen-bond donors (Lipinski definition) is 2. The van der Waals surface area contributed by atoms with Crippen LogP contribution in [0.5, 0.6) is 5.75 Å². The quantitative estimate of drug-likeness (QED) is 0.663. The summed E-state index contributed by atoms with van der Waals surface area (Å²) in [6.07, 6.45) is 3.29. The van der Waals surface area contributed by atoms with Gasteiger partial charge in [0.25, 0.3) is 0 Å². The van der Waals surface area contributed by atoms with E-state index >= 15 is 0 Å². The molecule has 0 aliphatic heterocycles. The number of phenols is 1. The van der Waals surface area contributed by atoms with Gasteiger partial charge in [-0.2, -0.15) is 0 Å². The van der Waals surface area contributed by atoms with Crippen LogP contribution in [-0.2, 0) is 11.2 Å².